The molecule has 166 valence electrons. The Labute approximate surface area is 195 Å². The van der Waals surface area contributed by atoms with Gasteiger partial charge in [0.05, 0.1) is 11.1 Å². The summed E-state index contributed by atoms with van der Waals surface area (Å²) in [4.78, 5) is 32.6. The first-order valence-electron chi connectivity index (χ1n) is 11.3. The number of pyridine rings is 2. The van der Waals surface area contributed by atoms with Gasteiger partial charge in [0, 0.05) is 33.7 Å². The first-order chi connectivity index (χ1) is 16.6. The molecule has 0 aliphatic heterocycles. The minimum absolute atomic E-state index is 0.0370. The van der Waals surface area contributed by atoms with Gasteiger partial charge in [-0.05, 0) is 54.8 Å². The van der Waals surface area contributed by atoms with Crippen molar-refractivity contribution in [3.63, 3.8) is 0 Å². The number of H-pyrrole nitrogens is 1. The second-order valence-electron chi connectivity index (χ2n) is 8.69. The van der Waals surface area contributed by atoms with E-state index in [2.05, 4.69) is 20.6 Å². The van der Waals surface area contributed by atoms with Crippen LogP contribution in [0.2, 0.25) is 0 Å². The van der Waals surface area contributed by atoms with E-state index in [1.807, 2.05) is 84.9 Å². The normalized spacial score (nSPS) is 14.1. The number of aromatic nitrogens is 2. The maximum atomic E-state index is 13.0. The highest BCUT2D eigenvalue weighted by molar-refractivity contribution is 6.11. The van der Waals surface area contributed by atoms with Crippen LogP contribution >= 0.6 is 0 Å². The van der Waals surface area contributed by atoms with Crippen molar-refractivity contribution in [3.8, 4) is 0 Å². The highest BCUT2D eigenvalue weighted by Gasteiger charge is 2.51. The number of rotatable bonds is 5. The second-order valence-corrected chi connectivity index (χ2v) is 8.69. The molecule has 1 aliphatic carbocycles. The van der Waals surface area contributed by atoms with Gasteiger partial charge in [-0.3, -0.25) is 9.59 Å². The molecular formula is C28H22N4O2. The predicted octanol–water partition coefficient (Wildman–Crippen LogP) is 5.49. The molecule has 0 atom stereocenters. The highest BCUT2D eigenvalue weighted by atomic mass is 16.2. The minimum Gasteiger partial charge on any atom is -0.355 e. The molecule has 0 bridgehead atoms. The molecule has 34 heavy (non-hydrogen) atoms. The molecule has 6 nitrogen and oxygen atoms in total. The third-order valence-corrected chi connectivity index (χ3v) is 6.56. The summed E-state index contributed by atoms with van der Waals surface area (Å²) >= 11 is 0. The second kappa shape index (κ2) is 7.85. The molecule has 0 unspecified atom stereocenters. The van der Waals surface area contributed by atoms with E-state index in [4.69, 9.17) is 0 Å². The van der Waals surface area contributed by atoms with Crippen LogP contribution in [0, 0.1) is 0 Å². The summed E-state index contributed by atoms with van der Waals surface area (Å²) in [6, 6.07) is 27.0. The third-order valence-electron chi connectivity index (χ3n) is 6.56. The summed E-state index contributed by atoms with van der Waals surface area (Å²) in [5.74, 6) is 0.0370. The Hall–Kier alpha value is -4.45. The van der Waals surface area contributed by atoms with Gasteiger partial charge in [0.1, 0.15) is 5.65 Å². The number of carbonyl (C=O) groups is 1. The first-order valence-corrected chi connectivity index (χ1v) is 11.3. The van der Waals surface area contributed by atoms with Crippen LogP contribution in [0.4, 0.5) is 17.1 Å². The first kappa shape index (κ1) is 20.2. The fourth-order valence-electron chi connectivity index (χ4n) is 4.58. The Morgan fingerprint density at radius 1 is 0.824 bits per heavy atom. The summed E-state index contributed by atoms with van der Waals surface area (Å²) in [7, 11) is 0. The van der Waals surface area contributed by atoms with Gasteiger partial charge < -0.3 is 15.6 Å². The number of anilines is 3. The molecule has 2 heterocycles. The zero-order valence-corrected chi connectivity index (χ0v) is 18.3. The van der Waals surface area contributed by atoms with E-state index in [0.29, 0.717) is 11.0 Å². The van der Waals surface area contributed by atoms with Crippen molar-refractivity contribution in [2.45, 2.75) is 18.3 Å². The molecule has 5 aromatic rings. The molecule has 3 aromatic carbocycles. The fraction of sp³-hybridized carbons (Fsp3) is 0.107. The summed E-state index contributed by atoms with van der Waals surface area (Å²) in [5, 5.41) is 8.83. The van der Waals surface area contributed by atoms with Crippen LogP contribution in [0.3, 0.4) is 0 Å². The third kappa shape index (κ3) is 3.40. The van der Waals surface area contributed by atoms with Crippen molar-refractivity contribution >= 4 is 44.8 Å². The predicted molar refractivity (Wildman–Crippen MR) is 136 cm³/mol. The lowest BCUT2D eigenvalue weighted by atomic mass is 9.95. The summed E-state index contributed by atoms with van der Waals surface area (Å²) in [6.45, 7) is 0. The zero-order chi connectivity index (χ0) is 23.1. The molecule has 6 rings (SSSR count). The van der Waals surface area contributed by atoms with E-state index in [0.717, 1.165) is 46.2 Å². The molecule has 1 amide bonds. The lowest BCUT2D eigenvalue weighted by Gasteiger charge is -2.16. The van der Waals surface area contributed by atoms with Gasteiger partial charge in [-0.25, -0.2) is 4.98 Å². The van der Waals surface area contributed by atoms with Crippen LogP contribution in [0.15, 0.2) is 95.9 Å². The fourth-order valence-corrected chi connectivity index (χ4v) is 4.58. The molecule has 2 aromatic heterocycles. The number of nitrogens with one attached hydrogen (secondary N) is 3. The van der Waals surface area contributed by atoms with E-state index >= 15 is 0 Å². The molecule has 1 saturated carbocycles. The van der Waals surface area contributed by atoms with Crippen LogP contribution in [0.25, 0.3) is 21.8 Å². The molecule has 0 saturated heterocycles. The van der Waals surface area contributed by atoms with Gasteiger partial charge >= 0.3 is 0 Å². The van der Waals surface area contributed by atoms with Crippen LogP contribution in [0.1, 0.15) is 18.4 Å². The number of fused-ring (bicyclic) bond motifs is 3. The molecular weight excluding hydrogens is 424 g/mol. The van der Waals surface area contributed by atoms with Crippen LogP contribution in [0.5, 0.6) is 0 Å². The number of nitrogens with zero attached hydrogens (tertiary/aromatic N) is 1. The molecule has 0 radical (unpaired) electrons. The van der Waals surface area contributed by atoms with Gasteiger partial charge in [-0.15, -0.1) is 0 Å². The summed E-state index contributed by atoms with van der Waals surface area (Å²) in [5.41, 5.74) is 3.50. The molecule has 6 heteroatoms. The van der Waals surface area contributed by atoms with Crippen LogP contribution in [-0.4, -0.2) is 15.9 Å². The van der Waals surface area contributed by atoms with E-state index < -0.39 is 5.41 Å². The van der Waals surface area contributed by atoms with E-state index in [-0.39, 0.29) is 11.5 Å². The van der Waals surface area contributed by atoms with E-state index in [1.54, 1.807) is 6.20 Å². The molecule has 3 N–H and O–H groups in total. The average molecular weight is 447 g/mol. The number of hydrogen-bond donors (Lipinski definition) is 3. The van der Waals surface area contributed by atoms with Crippen molar-refractivity contribution in [3.05, 3.63) is 107 Å². The van der Waals surface area contributed by atoms with Crippen molar-refractivity contribution < 1.29 is 4.79 Å². The monoisotopic (exact) mass is 446 g/mol. The Bertz CT molecular complexity index is 1590. The van der Waals surface area contributed by atoms with Gasteiger partial charge in [0.25, 0.3) is 5.56 Å². The van der Waals surface area contributed by atoms with E-state index in [9.17, 15) is 9.59 Å². The standard InChI is InChI=1S/C28H22N4O2/c33-26-22-9-5-4-8-21(22)24-23(14-17-29-25(24)32-26)30-19-10-12-20(13-11-19)31-27(34)28(15-16-28)18-6-2-1-3-7-18/h1-14,17H,15-16H2,(H,31,34)(H2,29,30,32,33). The molecule has 1 fully saturated rings. The van der Waals surface area contributed by atoms with Crippen LogP contribution in [-0.2, 0) is 10.2 Å². The Morgan fingerprint density at radius 3 is 2.24 bits per heavy atom. The maximum absolute atomic E-state index is 13.0. The number of amides is 1. The average Bonchev–Trinajstić information content (AvgIpc) is 3.68. The topological polar surface area (TPSA) is 86.9 Å². The zero-order valence-electron chi connectivity index (χ0n) is 18.3. The Kier molecular flexibility index (Phi) is 4.66. The lowest BCUT2D eigenvalue weighted by molar-refractivity contribution is -0.118. The lowest BCUT2D eigenvalue weighted by Crippen LogP contribution is -2.27. The van der Waals surface area contributed by atoms with Gasteiger partial charge in [0.2, 0.25) is 5.91 Å². The minimum atomic E-state index is -0.411. The number of aromatic amines is 1. The summed E-state index contributed by atoms with van der Waals surface area (Å²) < 4.78 is 0. The molecule has 1 aliphatic rings. The van der Waals surface area contributed by atoms with Gasteiger partial charge in [-0.1, -0.05) is 48.5 Å². The van der Waals surface area contributed by atoms with Gasteiger partial charge in [0.15, 0.2) is 0 Å². The van der Waals surface area contributed by atoms with Crippen molar-refractivity contribution in [2.24, 2.45) is 0 Å². The molecule has 0 spiro atoms. The largest absolute Gasteiger partial charge is 0.355 e. The quantitative estimate of drug-likeness (QED) is 0.312. The number of carbonyl (C=O) groups excluding carboxylic acids is 1. The van der Waals surface area contributed by atoms with Gasteiger partial charge in [-0.2, -0.15) is 0 Å². The smallest absolute Gasteiger partial charge is 0.257 e. The SMILES string of the molecule is O=C(Nc1ccc(Nc2ccnc3[nH]c(=O)c4ccccc4c23)cc1)C1(c2ccccc2)CC1. The Balaban J connectivity index is 1.26. The summed E-state index contributed by atoms with van der Waals surface area (Å²) in [6.07, 6.45) is 3.41. The van der Waals surface area contributed by atoms with Crippen LogP contribution < -0.4 is 16.2 Å². The highest BCUT2D eigenvalue weighted by Crippen LogP contribution is 2.49. The van der Waals surface area contributed by atoms with E-state index in [1.165, 1.54) is 0 Å². The maximum Gasteiger partial charge on any atom is 0.257 e. The number of benzene rings is 3. The number of hydrogen-bond acceptors (Lipinski definition) is 4. The van der Waals surface area contributed by atoms with Crippen molar-refractivity contribution in [2.75, 3.05) is 10.6 Å². The van der Waals surface area contributed by atoms with Crippen molar-refractivity contribution in [1.29, 1.82) is 0 Å². The van der Waals surface area contributed by atoms with Crippen molar-refractivity contribution in [1.82, 2.24) is 9.97 Å². The Morgan fingerprint density at radius 2 is 1.50 bits per heavy atom.